The molecule has 0 radical (unpaired) electrons. The second kappa shape index (κ2) is 7.48. The van der Waals surface area contributed by atoms with Crippen LogP contribution in [0.25, 0.3) is 33.4 Å². The highest BCUT2D eigenvalue weighted by molar-refractivity contribution is 7.09. The van der Waals surface area contributed by atoms with Crippen molar-refractivity contribution in [3.8, 4) is 22.4 Å². The van der Waals surface area contributed by atoms with E-state index in [1.807, 2.05) is 24.3 Å². The number of nitrogens with zero attached hydrogens (tertiary/aromatic N) is 2. The molecule has 4 nitrogen and oxygen atoms in total. The lowest BCUT2D eigenvalue weighted by Gasteiger charge is -2.06. The van der Waals surface area contributed by atoms with Crippen molar-refractivity contribution in [2.75, 3.05) is 5.32 Å². The fraction of sp³-hybridized carbons (Fsp3) is 0.0435. The van der Waals surface area contributed by atoms with E-state index in [1.54, 1.807) is 35.9 Å². The summed E-state index contributed by atoms with van der Waals surface area (Å²) in [6.45, 7) is 0.735. The highest BCUT2D eigenvalue weighted by Crippen LogP contribution is 2.38. The maximum absolute atomic E-state index is 13.4. The number of aromatic amines is 1. The second-order valence-corrected chi connectivity index (χ2v) is 7.68. The topological polar surface area (TPSA) is 53.6 Å². The van der Waals surface area contributed by atoms with Crippen LogP contribution in [0.1, 0.15) is 4.88 Å². The third kappa shape index (κ3) is 3.50. The normalized spacial score (nSPS) is 11.1. The molecule has 0 amide bonds. The molecule has 0 aliphatic carbocycles. The van der Waals surface area contributed by atoms with Gasteiger partial charge in [-0.2, -0.15) is 0 Å². The predicted molar refractivity (Wildman–Crippen MR) is 116 cm³/mol. The Morgan fingerprint density at radius 3 is 2.52 bits per heavy atom. The first-order valence-electron chi connectivity index (χ1n) is 9.23. The van der Waals surface area contributed by atoms with Gasteiger partial charge in [-0.1, -0.05) is 6.07 Å². The first-order chi connectivity index (χ1) is 14.3. The number of benzene rings is 1. The average molecular weight is 400 g/mol. The number of rotatable bonds is 5. The molecular formula is C23H17FN4S. The van der Waals surface area contributed by atoms with Gasteiger partial charge in [-0.25, -0.2) is 9.37 Å². The molecule has 0 atom stereocenters. The summed E-state index contributed by atoms with van der Waals surface area (Å²) < 4.78 is 13.4. The van der Waals surface area contributed by atoms with Crippen molar-refractivity contribution in [3.63, 3.8) is 0 Å². The zero-order valence-electron chi connectivity index (χ0n) is 15.4. The Morgan fingerprint density at radius 2 is 1.76 bits per heavy atom. The van der Waals surface area contributed by atoms with Gasteiger partial charge in [-0.15, -0.1) is 11.3 Å². The van der Waals surface area contributed by atoms with Gasteiger partial charge in [-0.3, -0.25) is 4.98 Å². The molecule has 6 heteroatoms. The van der Waals surface area contributed by atoms with Crippen LogP contribution in [0.15, 0.2) is 78.4 Å². The lowest BCUT2D eigenvalue weighted by molar-refractivity contribution is 0.628. The summed E-state index contributed by atoms with van der Waals surface area (Å²) in [4.78, 5) is 13.6. The van der Waals surface area contributed by atoms with E-state index < -0.39 is 0 Å². The molecule has 0 aliphatic heterocycles. The molecule has 5 rings (SSSR count). The molecule has 29 heavy (non-hydrogen) atoms. The molecule has 0 aliphatic rings. The second-order valence-electron chi connectivity index (χ2n) is 6.64. The number of fused-ring (bicyclic) bond motifs is 1. The molecule has 0 saturated heterocycles. The molecule has 142 valence electrons. The Bertz CT molecular complexity index is 1250. The minimum Gasteiger partial charge on any atom is -0.365 e. The van der Waals surface area contributed by atoms with Crippen LogP contribution < -0.4 is 5.32 Å². The lowest BCUT2D eigenvalue weighted by Crippen LogP contribution is -1.99. The van der Waals surface area contributed by atoms with Crippen molar-refractivity contribution < 1.29 is 4.39 Å². The number of anilines is 1. The van der Waals surface area contributed by atoms with E-state index in [4.69, 9.17) is 4.98 Å². The van der Waals surface area contributed by atoms with Crippen molar-refractivity contribution in [1.29, 1.82) is 0 Å². The van der Waals surface area contributed by atoms with Crippen LogP contribution >= 0.6 is 11.3 Å². The summed E-state index contributed by atoms with van der Waals surface area (Å²) in [6.07, 6.45) is 3.54. The van der Waals surface area contributed by atoms with E-state index in [-0.39, 0.29) is 5.82 Å². The van der Waals surface area contributed by atoms with Gasteiger partial charge in [0.15, 0.2) is 0 Å². The van der Waals surface area contributed by atoms with Gasteiger partial charge >= 0.3 is 0 Å². The van der Waals surface area contributed by atoms with E-state index >= 15 is 0 Å². The molecule has 0 bridgehead atoms. The van der Waals surface area contributed by atoms with Crippen LogP contribution in [0.5, 0.6) is 0 Å². The summed E-state index contributed by atoms with van der Waals surface area (Å²) in [5.41, 5.74) is 4.67. The Kier molecular flexibility index (Phi) is 4.54. The van der Waals surface area contributed by atoms with Crippen molar-refractivity contribution in [3.05, 3.63) is 89.1 Å². The van der Waals surface area contributed by atoms with Crippen LogP contribution in [0.4, 0.5) is 10.2 Å². The van der Waals surface area contributed by atoms with Gasteiger partial charge in [0.1, 0.15) is 17.3 Å². The first kappa shape index (κ1) is 17.6. The number of pyridine rings is 2. The molecule has 0 spiro atoms. The number of hydrogen-bond acceptors (Lipinski definition) is 4. The van der Waals surface area contributed by atoms with Crippen molar-refractivity contribution in [2.24, 2.45) is 0 Å². The van der Waals surface area contributed by atoms with E-state index in [0.717, 1.165) is 45.8 Å². The van der Waals surface area contributed by atoms with Crippen LogP contribution in [0.3, 0.4) is 0 Å². The van der Waals surface area contributed by atoms with E-state index in [2.05, 4.69) is 32.8 Å². The maximum atomic E-state index is 13.4. The average Bonchev–Trinajstić information content (AvgIpc) is 3.41. The fourth-order valence-electron chi connectivity index (χ4n) is 3.41. The van der Waals surface area contributed by atoms with Crippen LogP contribution in [-0.4, -0.2) is 15.0 Å². The van der Waals surface area contributed by atoms with Gasteiger partial charge in [0.05, 0.1) is 12.2 Å². The SMILES string of the molecule is Fc1ccc(-c2[nH]c3nc(NCc4cccs4)ccc3c2-c2ccncc2)cc1. The minimum atomic E-state index is -0.256. The minimum absolute atomic E-state index is 0.256. The number of hydrogen-bond donors (Lipinski definition) is 2. The molecule has 0 unspecified atom stereocenters. The molecule has 4 heterocycles. The van der Waals surface area contributed by atoms with Crippen molar-refractivity contribution in [1.82, 2.24) is 15.0 Å². The number of thiophene rings is 1. The zero-order valence-corrected chi connectivity index (χ0v) is 16.2. The number of H-pyrrole nitrogens is 1. The molecule has 4 aromatic heterocycles. The predicted octanol–water partition coefficient (Wildman–Crippen LogP) is 6.10. The van der Waals surface area contributed by atoms with Gasteiger partial charge in [0.2, 0.25) is 0 Å². The quantitative estimate of drug-likeness (QED) is 0.374. The third-order valence-corrected chi connectivity index (χ3v) is 5.66. The fourth-order valence-corrected chi connectivity index (χ4v) is 4.06. The van der Waals surface area contributed by atoms with Gasteiger partial charge in [-0.05, 0) is 71.1 Å². The lowest BCUT2D eigenvalue weighted by atomic mass is 10.00. The van der Waals surface area contributed by atoms with Crippen LogP contribution in [0, 0.1) is 5.82 Å². The first-order valence-corrected chi connectivity index (χ1v) is 10.1. The van der Waals surface area contributed by atoms with E-state index in [0.29, 0.717) is 0 Å². The Labute approximate surface area is 171 Å². The summed E-state index contributed by atoms with van der Waals surface area (Å²) in [5.74, 6) is 0.549. The molecule has 1 aromatic carbocycles. The monoisotopic (exact) mass is 400 g/mol. The standard InChI is InChI=1S/C23H17FN4S/c24-17-5-3-16(4-6-17)22-21(15-9-11-25-12-10-15)19-7-8-20(27-23(19)28-22)26-14-18-2-1-13-29-18/h1-13H,14H2,(H2,26,27,28). The van der Waals surface area contributed by atoms with Gasteiger partial charge < -0.3 is 10.3 Å². The summed E-state index contributed by atoms with van der Waals surface area (Å²) in [6, 6.07) is 18.6. The number of halogens is 1. The third-order valence-electron chi connectivity index (χ3n) is 4.78. The Hall–Kier alpha value is -3.51. The number of aromatic nitrogens is 3. The van der Waals surface area contributed by atoms with Gasteiger partial charge in [0, 0.05) is 28.2 Å². The largest absolute Gasteiger partial charge is 0.365 e. The molecule has 0 saturated carbocycles. The molecule has 0 fully saturated rings. The zero-order chi connectivity index (χ0) is 19.6. The van der Waals surface area contributed by atoms with Gasteiger partial charge in [0.25, 0.3) is 0 Å². The van der Waals surface area contributed by atoms with Crippen LogP contribution in [0.2, 0.25) is 0 Å². The highest BCUT2D eigenvalue weighted by Gasteiger charge is 2.16. The molecule has 2 N–H and O–H groups in total. The smallest absolute Gasteiger partial charge is 0.140 e. The highest BCUT2D eigenvalue weighted by atomic mass is 32.1. The van der Waals surface area contributed by atoms with Crippen molar-refractivity contribution >= 4 is 28.2 Å². The molecular weight excluding hydrogens is 383 g/mol. The maximum Gasteiger partial charge on any atom is 0.140 e. The summed E-state index contributed by atoms with van der Waals surface area (Å²) >= 11 is 1.71. The summed E-state index contributed by atoms with van der Waals surface area (Å²) in [7, 11) is 0. The number of nitrogens with one attached hydrogen (secondary N) is 2. The summed E-state index contributed by atoms with van der Waals surface area (Å²) in [5, 5.41) is 6.45. The Morgan fingerprint density at radius 1 is 0.931 bits per heavy atom. The molecule has 5 aromatic rings. The Balaban J connectivity index is 1.61. The van der Waals surface area contributed by atoms with E-state index in [1.165, 1.54) is 17.0 Å². The van der Waals surface area contributed by atoms with Crippen LogP contribution in [-0.2, 0) is 6.54 Å². The van der Waals surface area contributed by atoms with E-state index in [9.17, 15) is 4.39 Å². The van der Waals surface area contributed by atoms with Crippen molar-refractivity contribution in [2.45, 2.75) is 6.54 Å².